The maximum atomic E-state index is 10.6. The van der Waals surface area contributed by atoms with E-state index in [4.69, 9.17) is 4.74 Å². The number of carbonyl (C=O) groups excluding carboxylic acids is 1. The Morgan fingerprint density at radius 1 is 1.40 bits per heavy atom. The second-order valence-corrected chi connectivity index (χ2v) is 2.31. The highest BCUT2D eigenvalue weighted by Gasteiger charge is 2.30. The van der Waals surface area contributed by atoms with E-state index in [1.807, 2.05) is 24.3 Å². The minimum Gasteiger partial charge on any atom is -0.439 e. The zero-order valence-corrected chi connectivity index (χ0v) is 5.28. The zero-order valence-electron chi connectivity index (χ0n) is 5.28. The van der Waals surface area contributed by atoms with Gasteiger partial charge in [0.25, 0.3) is 0 Å². The van der Waals surface area contributed by atoms with Crippen molar-refractivity contribution in [2.45, 2.75) is 12.1 Å². The molecule has 1 saturated heterocycles. The maximum Gasteiger partial charge on any atom is 0.408 e. The van der Waals surface area contributed by atoms with Crippen molar-refractivity contribution in [1.29, 1.82) is 0 Å². The molecule has 3 nitrogen and oxygen atoms in total. The number of allylic oxidation sites excluding steroid dienone is 2. The summed E-state index contributed by atoms with van der Waals surface area (Å²) >= 11 is 0. The molecule has 0 aromatic rings. The molecule has 0 saturated carbocycles. The summed E-state index contributed by atoms with van der Waals surface area (Å²) in [4.78, 5) is 10.6. The molecule has 0 spiro atoms. The fourth-order valence-corrected chi connectivity index (χ4v) is 1.12. The number of ether oxygens (including phenoxy) is 1. The second kappa shape index (κ2) is 1.87. The molecule has 2 aliphatic rings. The van der Waals surface area contributed by atoms with E-state index in [1.165, 1.54) is 0 Å². The standard InChI is InChI=1S/C7H7NO2/c9-7-8-5-3-1-2-4-6(5)10-7/h1-6H,(H,8,9). The van der Waals surface area contributed by atoms with Crippen LogP contribution in [-0.2, 0) is 4.74 Å². The molecule has 1 heterocycles. The van der Waals surface area contributed by atoms with Crippen LogP contribution in [0.4, 0.5) is 4.79 Å². The van der Waals surface area contributed by atoms with Crippen LogP contribution in [0.15, 0.2) is 24.3 Å². The maximum absolute atomic E-state index is 10.6. The number of hydrogen-bond acceptors (Lipinski definition) is 2. The Balaban J connectivity index is 2.22. The normalized spacial score (nSPS) is 35.0. The van der Waals surface area contributed by atoms with Gasteiger partial charge in [0.2, 0.25) is 0 Å². The lowest BCUT2D eigenvalue weighted by molar-refractivity contribution is 0.155. The van der Waals surface area contributed by atoms with Crippen molar-refractivity contribution in [3.63, 3.8) is 0 Å². The first-order valence-corrected chi connectivity index (χ1v) is 3.18. The van der Waals surface area contributed by atoms with E-state index in [0.717, 1.165) is 0 Å². The summed E-state index contributed by atoms with van der Waals surface area (Å²) in [6.07, 6.45) is 7.14. The van der Waals surface area contributed by atoms with Gasteiger partial charge in [-0.05, 0) is 6.08 Å². The van der Waals surface area contributed by atoms with Crippen molar-refractivity contribution in [3.8, 4) is 0 Å². The third-order valence-electron chi connectivity index (χ3n) is 1.61. The number of rotatable bonds is 0. The van der Waals surface area contributed by atoms with E-state index in [1.54, 1.807) is 0 Å². The minimum atomic E-state index is -0.328. The van der Waals surface area contributed by atoms with E-state index in [0.29, 0.717) is 0 Å². The van der Waals surface area contributed by atoms with Gasteiger partial charge in [0.1, 0.15) is 6.10 Å². The second-order valence-electron chi connectivity index (χ2n) is 2.31. The van der Waals surface area contributed by atoms with Crippen LogP contribution < -0.4 is 5.32 Å². The lowest BCUT2D eigenvalue weighted by Crippen LogP contribution is -2.29. The van der Waals surface area contributed by atoms with Gasteiger partial charge in [0.05, 0.1) is 6.04 Å². The summed E-state index contributed by atoms with van der Waals surface area (Å²) < 4.78 is 4.88. The average molecular weight is 137 g/mol. The largest absolute Gasteiger partial charge is 0.439 e. The molecule has 1 N–H and O–H groups in total. The van der Waals surface area contributed by atoms with E-state index in [9.17, 15) is 4.79 Å². The Bertz CT molecular complexity index is 198. The van der Waals surface area contributed by atoms with Crippen LogP contribution >= 0.6 is 0 Å². The van der Waals surface area contributed by atoms with Crippen LogP contribution in [0.5, 0.6) is 0 Å². The van der Waals surface area contributed by atoms with Crippen molar-refractivity contribution in [2.24, 2.45) is 0 Å². The molecule has 10 heavy (non-hydrogen) atoms. The van der Waals surface area contributed by atoms with Crippen LogP contribution in [0.2, 0.25) is 0 Å². The van der Waals surface area contributed by atoms with Gasteiger partial charge in [-0.2, -0.15) is 0 Å². The number of carbonyl (C=O) groups is 1. The molecule has 1 aliphatic heterocycles. The predicted octanol–water partition coefficient (Wildman–Crippen LogP) is 0.589. The van der Waals surface area contributed by atoms with E-state index >= 15 is 0 Å². The fourth-order valence-electron chi connectivity index (χ4n) is 1.12. The summed E-state index contributed by atoms with van der Waals surface area (Å²) in [6, 6.07) is 0.0532. The van der Waals surface area contributed by atoms with Crippen molar-refractivity contribution < 1.29 is 9.53 Å². The van der Waals surface area contributed by atoms with Gasteiger partial charge in [-0.15, -0.1) is 0 Å². The monoisotopic (exact) mass is 137 g/mol. The third-order valence-corrected chi connectivity index (χ3v) is 1.61. The minimum absolute atomic E-state index is 0.0532. The first-order valence-electron chi connectivity index (χ1n) is 3.18. The van der Waals surface area contributed by atoms with Crippen molar-refractivity contribution in [1.82, 2.24) is 5.32 Å². The Labute approximate surface area is 58.4 Å². The van der Waals surface area contributed by atoms with Crippen molar-refractivity contribution >= 4 is 6.09 Å². The number of hydrogen-bond donors (Lipinski definition) is 1. The topological polar surface area (TPSA) is 38.3 Å². The lowest BCUT2D eigenvalue weighted by Gasteiger charge is -2.10. The molecule has 2 rings (SSSR count). The molecule has 0 aromatic carbocycles. The molecule has 2 unspecified atom stereocenters. The van der Waals surface area contributed by atoms with Gasteiger partial charge < -0.3 is 10.1 Å². The zero-order chi connectivity index (χ0) is 6.97. The van der Waals surface area contributed by atoms with Crippen LogP contribution in [-0.4, -0.2) is 18.2 Å². The molecule has 0 bridgehead atoms. The van der Waals surface area contributed by atoms with Crippen molar-refractivity contribution in [2.75, 3.05) is 0 Å². The van der Waals surface area contributed by atoms with Crippen LogP contribution in [0.25, 0.3) is 0 Å². The van der Waals surface area contributed by atoms with Crippen LogP contribution in [0.3, 0.4) is 0 Å². The highest BCUT2D eigenvalue weighted by molar-refractivity contribution is 5.71. The highest BCUT2D eigenvalue weighted by atomic mass is 16.6. The van der Waals surface area contributed by atoms with E-state index < -0.39 is 0 Å². The Morgan fingerprint density at radius 2 is 2.20 bits per heavy atom. The van der Waals surface area contributed by atoms with Crippen molar-refractivity contribution in [3.05, 3.63) is 24.3 Å². The lowest BCUT2D eigenvalue weighted by atomic mass is 10.1. The van der Waals surface area contributed by atoms with Crippen LogP contribution in [0, 0.1) is 0 Å². The first-order chi connectivity index (χ1) is 4.86. The van der Waals surface area contributed by atoms with Gasteiger partial charge in [0, 0.05) is 0 Å². The fraction of sp³-hybridized carbons (Fsp3) is 0.286. The molecular formula is C7H7NO2. The molecule has 2 atom stereocenters. The molecule has 1 fully saturated rings. The Kier molecular flexibility index (Phi) is 1.03. The molecule has 0 radical (unpaired) electrons. The van der Waals surface area contributed by atoms with Gasteiger partial charge >= 0.3 is 6.09 Å². The van der Waals surface area contributed by atoms with Gasteiger partial charge in [0.15, 0.2) is 0 Å². The molecule has 1 aliphatic carbocycles. The molecule has 3 heteroatoms. The first kappa shape index (κ1) is 5.53. The Hall–Kier alpha value is -1.25. The molecule has 0 aromatic heterocycles. The van der Waals surface area contributed by atoms with Gasteiger partial charge in [-0.3, -0.25) is 0 Å². The number of amides is 1. The smallest absolute Gasteiger partial charge is 0.408 e. The molecule has 52 valence electrons. The SMILES string of the molecule is O=C1NC2C=CC=CC2O1. The third kappa shape index (κ3) is 0.708. The Morgan fingerprint density at radius 3 is 3.00 bits per heavy atom. The number of nitrogens with one attached hydrogen (secondary N) is 1. The summed E-state index contributed by atoms with van der Waals surface area (Å²) in [7, 11) is 0. The summed E-state index contributed by atoms with van der Waals surface area (Å²) in [5.41, 5.74) is 0. The van der Waals surface area contributed by atoms with E-state index in [-0.39, 0.29) is 18.2 Å². The number of alkyl carbamates (subject to hydrolysis) is 1. The van der Waals surface area contributed by atoms with Gasteiger partial charge in [-0.1, -0.05) is 18.2 Å². The average Bonchev–Trinajstić information content (AvgIpc) is 2.27. The predicted molar refractivity (Wildman–Crippen MR) is 35.5 cm³/mol. The van der Waals surface area contributed by atoms with Gasteiger partial charge in [-0.25, -0.2) is 4.79 Å². The summed E-state index contributed by atoms with van der Waals surface area (Å²) in [5.74, 6) is 0. The quantitative estimate of drug-likeness (QED) is 0.530. The van der Waals surface area contributed by atoms with Crippen LogP contribution in [0.1, 0.15) is 0 Å². The summed E-state index contributed by atoms with van der Waals surface area (Å²) in [6.45, 7) is 0. The summed E-state index contributed by atoms with van der Waals surface area (Å²) in [5, 5.41) is 2.66. The number of fused-ring (bicyclic) bond motifs is 1. The molecular weight excluding hydrogens is 130 g/mol. The van der Waals surface area contributed by atoms with E-state index in [2.05, 4.69) is 5.32 Å². The molecule has 1 amide bonds. The highest BCUT2D eigenvalue weighted by Crippen LogP contribution is 2.14.